The van der Waals surface area contributed by atoms with E-state index in [1.165, 1.54) is 6.07 Å². The smallest absolute Gasteiger partial charge is 0.179 e. The maximum absolute atomic E-state index is 15.6. The van der Waals surface area contributed by atoms with Crippen molar-refractivity contribution in [2.24, 2.45) is 9.98 Å². The van der Waals surface area contributed by atoms with E-state index in [9.17, 15) is 0 Å². The van der Waals surface area contributed by atoms with E-state index >= 15 is 4.39 Å². The molecule has 6 nitrogen and oxygen atoms in total. The Morgan fingerprint density at radius 1 is 0.900 bits per heavy atom. The van der Waals surface area contributed by atoms with Gasteiger partial charge in [0.05, 0.1) is 39.5 Å². The molecule has 0 aliphatic carbocycles. The van der Waals surface area contributed by atoms with E-state index in [1.54, 1.807) is 28.9 Å². The topological polar surface area (TPSA) is 57.8 Å². The van der Waals surface area contributed by atoms with Crippen molar-refractivity contribution in [3.63, 3.8) is 0 Å². The van der Waals surface area contributed by atoms with Gasteiger partial charge in [0, 0.05) is 16.1 Å². The minimum atomic E-state index is -0.560. The van der Waals surface area contributed by atoms with Crippen LogP contribution in [0.15, 0.2) is 107 Å². The molecule has 0 fully saturated rings. The molecule has 1 aromatic heterocycles. The highest BCUT2D eigenvalue weighted by atomic mass is 35.5. The molecule has 0 amide bonds. The lowest BCUT2D eigenvalue weighted by atomic mass is 9.92. The Labute approximate surface area is 240 Å². The van der Waals surface area contributed by atoms with Crippen LogP contribution in [0, 0.1) is 12.7 Å². The molecule has 40 heavy (non-hydrogen) atoms. The van der Waals surface area contributed by atoms with Crippen LogP contribution in [-0.4, -0.2) is 21.5 Å². The first-order valence-corrected chi connectivity index (χ1v) is 13.4. The van der Waals surface area contributed by atoms with Crippen LogP contribution in [0.2, 0.25) is 10.0 Å². The van der Waals surface area contributed by atoms with Crippen LogP contribution in [-0.2, 0) is 0 Å². The molecule has 0 spiro atoms. The molecule has 0 saturated heterocycles. The number of fused-ring (bicyclic) bond motifs is 4. The Hall–Kier alpha value is -4.46. The molecule has 196 valence electrons. The van der Waals surface area contributed by atoms with E-state index in [-0.39, 0.29) is 5.82 Å². The van der Waals surface area contributed by atoms with Gasteiger partial charge in [0.15, 0.2) is 17.5 Å². The van der Waals surface area contributed by atoms with Crippen LogP contribution in [0.4, 0.5) is 27.3 Å². The fraction of sp³-hybridized carbons (Fsp3) is 0.0645. The zero-order valence-corrected chi connectivity index (χ0v) is 22.7. The summed E-state index contributed by atoms with van der Waals surface area (Å²) in [6.45, 7) is 1.93. The summed E-state index contributed by atoms with van der Waals surface area (Å²) in [5, 5.41) is 9.23. The van der Waals surface area contributed by atoms with E-state index in [4.69, 9.17) is 38.3 Å². The molecular weight excluding hydrogens is 546 g/mol. The van der Waals surface area contributed by atoms with Gasteiger partial charge in [-0.1, -0.05) is 71.7 Å². The highest BCUT2D eigenvalue weighted by molar-refractivity contribution is 6.52. The molecule has 2 aliphatic heterocycles. The van der Waals surface area contributed by atoms with Gasteiger partial charge in [0.25, 0.3) is 0 Å². The van der Waals surface area contributed by atoms with Crippen molar-refractivity contribution in [2.45, 2.75) is 13.0 Å². The van der Waals surface area contributed by atoms with E-state index < -0.39 is 6.04 Å². The summed E-state index contributed by atoms with van der Waals surface area (Å²) in [6.07, 6.45) is 0. The lowest BCUT2D eigenvalue weighted by Crippen LogP contribution is -2.48. The zero-order valence-electron chi connectivity index (χ0n) is 21.2. The van der Waals surface area contributed by atoms with Crippen LogP contribution in [0.3, 0.4) is 0 Å². The molecule has 0 saturated carbocycles. The second-order valence-electron chi connectivity index (χ2n) is 9.50. The predicted octanol–water partition coefficient (Wildman–Crippen LogP) is 8.42. The average Bonchev–Trinajstić information content (AvgIpc) is 3.30. The predicted molar refractivity (Wildman–Crippen MR) is 160 cm³/mol. The zero-order chi connectivity index (χ0) is 27.4. The number of halogens is 3. The normalized spacial score (nSPS) is 16.6. The molecular formula is C31H21Cl2FN6. The summed E-state index contributed by atoms with van der Waals surface area (Å²) in [5.74, 6) is 1.28. The van der Waals surface area contributed by atoms with E-state index in [0.29, 0.717) is 38.8 Å². The second kappa shape index (κ2) is 9.62. The fourth-order valence-electron chi connectivity index (χ4n) is 5.26. The van der Waals surface area contributed by atoms with Gasteiger partial charge in [0.1, 0.15) is 5.82 Å². The van der Waals surface area contributed by atoms with Crippen molar-refractivity contribution in [2.75, 3.05) is 10.2 Å². The Balaban J connectivity index is 1.55. The third-order valence-electron chi connectivity index (χ3n) is 7.02. The van der Waals surface area contributed by atoms with Crippen molar-refractivity contribution in [1.82, 2.24) is 9.78 Å². The minimum Gasteiger partial charge on any atom is -0.335 e. The van der Waals surface area contributed by atoms with Crippen molar-refractivity contribution in [3.05, 3.63) is 130 Å². The summed E-state index contributed by atoms with van der Waals surface area (Å²) in [6, 6.07) is 29.0. The van der Waals surface area contributed by atoms with Crippen LogP contribution < -0.4 is 10.2 Å². The van der Waals surface area contributed by atoms with Crippen molar-refractivity contribution < 1.29 is 4.39 Å². The maximum atomic E-state index is 15.6. The lowest BCUT2D eigenvalue weighted by molar-refractivity contribution is 0.597. The summed E-state index contributed by atoms with van der Waals surface area (Å²) in [5.41, 5.74) is 5.10. The molecule has 1 atom stereocenters. The summed E-state index contributed by atoms with van der Waals surface area (Å²) < 4.78 is 17.4. The quantitative estimate of drug-likeness (QED) is 0.238. The number of nitrogens with one attached hydrogen (secondary N) is 1. The second-order valence-corrected chi connectivity index (χ2v) is 10.3. The van der Waals surface area contributed by atoms with Crippen LogP contribution in [0.25, 0.3) is 5.69 Å². The summed E-state index contributed by atoms with van der Waals surface area (Å²) in [4.78, 5) is 12.1. The van der Waals surface area contributed by atoms with Crippen molar-refractivity contribution >= 4 is 57.8 Å². The van der Waals surface area contributed by atoms with Gasteiger partial charge in [-0.15, -0.1) is 0 Å². The number of hydrogen-bond acceptors (Lipinski definition) is 4. The number of nitrogens with zero attached hydrogens (tertiary/aromatic N) is 5. The number of para-hydroxylation sites is 3. The van der Waals surface area contributed by atoms with Crippen molar-refractivity contribution in [3.8, 4) is 5.69 Å². The number of aryl methyl sites for hydroxylation is 1. The Kier molecular flexibility index (Phi) is 5.91. The molecule has 7 rings (SSSR count). The molecule has 5 aromatic rings. The van der Waals surface area contributed by atoms with Crippen molar-refractivity contribution in [1.29, 1.82) is 0 Å². The largest absolute Gasteiger partial charge is 0.335 e. The molecule has 9 heteroatoms. The van der Waals surface area contributed by atoms with Gasteiger partial charge in [-0.25, -0.2) is 19.1 Å². The highest BCUT2D eigenvalue weighted by Gasteiger charge is 2.42. The number of hydrogen-bond donors (Lipinski definition) is 1. The van der Waals surface area contributed by atoms with Gasteiger partial charge in [-0.2, -0.15) is 5.10 Å². The number of benzene rings is 4. The highest BCUT2D eigenvalue weighted by Crippen LogP contribution is 2.48. The van der Waals surface area contributed by atoms with Gasteiger partial charge in [-0.05, 0) is 55.5 Å². The third-order valence-corrected chi connectivity index (χ3v) is 7.56. The third kappa shape index (κ3) is 3.97. The molecule has 2 aliphatic rings. The van der Waals surface area contributed by atoms with E-state index in [1.807, 2.05) is 78.6 Å². The summed E-state index contributed by atoms with van der Waals surface area (Å²) >= 11 is 12.7. The first-order valence-electron chi connectivity index (χ1n) is 12.7. The monoisotopic (exact) mass is 566 g/mol. The number of aromatic nitrogens is 2. The SMILES string of the molecule is Cc1nn(-c2ccccc2)c2c1C(c1ccccc1F)N1C(=N2)C(=Nc2ccc(Cl)cc2Cl)Nc2ccccc21. The number of amidine groups is 2. The Morgan fingerprint density at radius 3 is 2.45 bits per heavy atom. The van der Waals surface area contributed by atoms with E-state index in [2.05, 4.69) is 5.32 Å². The average molecular weight is 567 g/mol. The fourth-order valence-corrected chi connectivity index (χ4v) is 5.72. The van der Waals surface area contributed by atoms with Crippen LogP contribution >= 0.6 is 23.2 Å². The Morgan fingerprint density at radius 2 is 1.65 bits per heavy atom. The number of aliphatic imine (C=N–C) groups is 2. The van der Waals surface area contributed by atoms with E-state index in [0.717, 1.165) is 28.3 Å². The van der Waals surface area contributed by atoms with Gasteiger partial charge in [0.2, 0.25) is 0 Å². The first kappa shape index (κ1) is 24.6. The first-order chi connectivity index (χ1) is 19.5. The van der Waals surface area contributed by atoms with Gasteiger partial charge >= 0.3 is 0 Å². The molecule has 0 radical (unpaired) electrons. The summed E-state index contributed by atoms with van der Waals surface area (Å²) in [7, 11) is 0. The molecule has 0 bridgehead atoms. The van der Waals surface area contributed by atoms with Gasteiger partial charge in [-0.3, -0.25) is 0 Å². The van der Waals surface area contributed by atoms with Gasteiger partial charge < -0.3 is 10.2 Å². The Bertz CT molecular complexity index is 1850. The van der Waals surface area contributed by atoms with Crippen LogP contribution in [0.1, 0.15) is 22.9 Å². The number of rotatable bonds is 3. The molecule has 1 N–H and O–H groups in total. The lowest BCUT2D eigenvalue weighted by Gasteiger charge is -2.41. The molecule has 1 unspecified atom stereocenters. The standard InChI is InChI=1S/C31H21Cl2FN6/c1-18-27-28(21-11-5-6-12-23(21)34)39-26-14-8-7-13-25(26)36-29(35-24-16-15-19(32)17-22(24)33)31(39)37-30(27)40(38-18)20-9-3-2-4-10-20/h2-17,28H,1H3,(H,35,36). The molecule has 4 aromatic carbocycles. The number of anilines is 2. The molecule has 3 heterocycles. The maximum Gasteiger partial charge on any atom is 0.179 e. The van der Waals surface area contributed by atoms with Crippen LogP contribution in [0.5, 0.6) is 0 Å². The minimum absolute atomic E-state index is 0.318.